The van der Waals surface area contributed by atoms with E-state index in [-0.39, 0.29) is 18.7 Å². The van der Waals surface area contributed by atoms with E-state index in [2.05, 4.69) is 24.1 Å². The Morgan fingerprint density at radius 1 is 1.47 bits per heavy atom. The van der Waals surface area contributed by atoms with E-state index >= 15 is 0 Å². The molecule has 0 radical (unpaired) electrons. The van der Waals surface area contributed by atoms with Crippen molar-refractivity contribution in [2.45, 2.75) is 46.2 Å². The molecule has 0 saturated heterocycles. The number of aromatic nitrogens is 1. The van der Waals surface area contributed by atoms with Crippen LogP contribution in [0.25, 0.3) is 0 Å². The number of nitrogens with zero attached hydrogens (tertiary/aromatic N) is 1. The largest absolute Gasteiger partial charge is 0.395 e. The van der Waals surface area contributed by atoms with E-state index in [1.54, 1.807) is 11.3 Å². The zero-order valence-corrected chi connectivity index (χ0v) is 10.7. The van der Waals surface area contributed by atoms with Crippen LogP contribution in [-0.2, 0) is 0 Å². The number of nitrogens with one attached hydrogen (secondary N) is 1. The van der Waals surface area contributed by atoms with Gasteiger partial charge in [0.15, 0.2) is 0 Å². The van der Waals surface area contributed by atoms with Crippen molar-refractivity contribution in [3.63, 3.8) is 0 Å². The normalized spacial score (nSPS) is 15.3. The number of aliphatic hydroxyl groups is 1. The summed E-state index contributed by atoms with van der Waals surface area (Å²) in [7, 11) is 0. The third kappa shape index (κ3) is 3.26. The van der Waals surface area contributed by atoms with Crippen molar-refractivity contribution in [1.82, 2.24) is 10.3 Å². The Bertz CT molecular complexity index is 308. The topological polar surface area (TPSA) is 45.1 Å². The fourth-order valence-electron chi connectivity index (χ4n) is 1.68. The number of hydrogen-bond acceptors (Lipinski definition) is 4. The third-order valence-corrected chi connectivity index (χ3v) is 3.79. The molecule has 4 heteroatoms. The zero-order chi connectivity index (χ0) is 11.4. The first kappa shape index (κ1) is 12.6. The molecule has 2 unspecified atom stereocenters. The predicted molar refractivity (Wildman–Crippen MR) is 64.3 cm³/mol. The Morgan fingerprint density at radius 3 is 2.53 bits per heavy atom. The molecule has 1 heterocycles. The van der Waals surface area contributed by atoms with Crippen LogP contribution in [-0.4, -0.2) is 22.7 Å². The minimum Gasteiger partial charge on any atom is -0.395 e. The standard InChI is InChI=1S/C11H20N2OS/c1-5-10(6-14)13-8(3)11-7(2)12-9(4)15-11/h8,10,13-14H,5-6H2,1-4H3. The van der Waals surface area contributed by atoms with Crippen molar-refractivity contribution in [2.24, 2.45) is 0 Å². The van der Waals surface area contributed by atoms with Crippen LogP contribution in [0.1, 0.15) is 41.9 Å². The van der Waals surface area contributed by atoms with Gasteiger partial charge in [-0.15, -0.1) is 11.3 Å². The van der Waals surface area contributed by atoms with Gasteiger partial charge >= 0.3 is 0 Å². The molecule has 1 rings (SSSR count). The van der Waals surface area contributed by atoms with Crippen molar-refractivity contribution in [1.29, 1.82) is 0 Å². The number of hydrogen-bond donors (Lipinski definition) is 2. The first-order valence-electron chi connectivity index (χ1n) is 5.39. The molecule has 1 aromatic rings. The van der Waals surface area contributed by atoms with Crippen LogP contribution < -0.4 is 5.32 Å². The van der Waals surface area contributed by atoms with Crippen molar-refractivity contribution < 1.29 is 5.11 Å². The average molecular weight is 228 g/mol. The molecule has 0 aliphatic heterocycles. The van der Waals surface area contributed by atoms with Gasteiger partial charge < -0.3 is 10.4 Å². The fourth-order valence-corrected chi connectivity index (χ4v) is 2.62. The zero-order valence-electron chi connectivity index (χ0n) is 9.87. The van der Waals surface area contributed by atoms with E-state index in [9.17, 15) is 0 Å². The molecule has 0 aliphatic rings. The molecule has 0 fully saturated rings. The van der Waals surface area contributed by atoms with Crippen LogP contribution in [0.5, 0.6) is 0 Å². The Balaban J connectivity index is 2.67. The quantitative estimate of drug-likeness (QED) is 0.812. The second-order valence-electron chi connectivity index (χ2n) is 3.86. The monoisotopic (exact) mass is 228 g/mol. The highest BCUT2D eigenvalue weighted by atomic mass is 32.1. The summed E-state index contributed by atoms with van der Waals surface area (Å²) in [6.07, 6.45) is 0.942. The molecule has 86 valence electrons. The Morgan fingerprint density at radius 2 is 2.13 bits per heavy atom. The highest BCUT2D eigenvalue weighted by molar-refractivity contribution is 7.11. The number of thiazole rings is 1. The van der Waals surface area contributed by atoms with Crippen molar-refractivity contribution in [3.05, 3.63) is 15.6 Å². The summed E-state index contributed by atoms with van der Waals surface area (Å²) in [5.74, 6) is 0. The van der Waals surface area contributed by atoms with Crippen molar-refractivity contribution in [2.75, 3.05) is 6.61 Å². The second-order valence-corrected chi connectivity index (χ2v) is 5.09. The summed E-state index contributed by atoms with van der Waals surface area (Å²) in [6, 6.07) is 0.454. The minimum absolute atomic E-state index is 0.182. The number of aliphatic hydroxyl groups excluding tert-OH is 1. The molecule has 3 nitrogen and oxygen atoms in total. The molecular weight excluding hydrogens is 208 g/mol. The SMILES string of the molecule is CCC(CO)NC(C)c1sc(C)nc1C. The van der Waals surface area contributed by atoms with Gasteiger partial charge in [-0.25, -0.2) is 4.98 Å². The maximum Gasteiger partial charge on any atom is 0.0900 e. The van der Waals surface area contributed by atoms with E-state index in [0.717, 1.165) is 17.1 Å². The minimum atomic E-state index is 0.182. The fraction of sp³-hybridized carbons (Fsp3) is 0.727. The van der Waals surface area contributed by atoms with E-state index in [4.69, 9.17) is 5.11 Å². The lowest BCUT2D eigenvalue weighted by atomic mass is 10.2. The van der Waals surface area contributed by atoms with Crippen molar-refractivity contribution in [3.8, 4) is 0 Å². The van der Waals surface area contributed by atoms with Gasteiger partial charge in [0.25, 0.3) is 0 Å². The smallest absolute Gasteiger partial charge is 0.0900 e. The van der Waals surface area contributed by atoms with E-state index in [0.29, 0.717) is 0 Å². The summed E-state index contributed by atoms with van der Waals surface area (Å²) < 4.78 is 0. The summed E-state index contributed by atoms with van der Waals surface area (Å²) in [5.41, 5.74) is 1.10. The maximum absolute atomic E-state index is 9.12. The van der Waals surface area contributed by atoms with Gasteiger partial charge in [0.1, 0.15) is 0 Å². The molecule has 0 aliphatic carbocycles. The van der Waals surface area contributed by atoms with Gasteiger partial charge in [0, 0.05) is 17.0 Å². The molecule has 2 atom stereocenters. The van der Waals surface area contributed by atoms with Crippen LogP contribution in [0, 0.1) is 13.8 Å². The van der Waals surface area contributed by atoms with Crippen LogP contribution in [0.4, 0.5) is 0 Å². The van der Waals surface area contributed by atoms with Gasteiger partial charge in [-0.05, 0) is 27.2 Å². The number of rotatable bonds is 5. The van der Waals surface area contributed by atoms with Crippen LogP contribution in [0.2, 0.25) is 0 Å². The molecule has 0 amide bonds. The summed E-state index contributed by atoms with van der Waals surface area (Å²) in [5, 5.41) is 13.6. The molecule has 2 N–H and O–H groups in total. The second kappa shape index (κ2) is 5.58. The Labute approximate surface area is 95.6 Å². The lowest BCUT2D eigenvalue weighted by Crippen LogP contribution is -2.33. The molecule has 0 spiro atoms. The predicted octanol–water partition coefficient (Wildman–Crippen LogP) is 2.18. The van der Waals surface area contributed by atoms with Gasteiger partial charge in [0.05, 0.1) is 17.3 Å². The highest BCUT2D eigenvalue weighted by Crippen LogP contribution is 2.24. The molecule has 0 aromatic carbocycles. The van der Waals surface area contributed by atoms with E-state index in [1.807, 2.05) is 13.8 Å². The highest BCUT2D eigenvalue weighted by Gasteiger charge is 2.15. The first-order chi connectivity index (χ1) is 7.08. The Kier molecular flexibility index (Phi) is 4.70. The van der Waals surface area contributed by atoms with E-state index in [1.165, 1.54) is 4.88 Å². The van der Waals surface area contributed by atoms with Gasteiger partial charge in [0.2, 0.25) is 0 Å². The molecule has 0 bridgehead atoms. The average Bonchev–Trinajstić information content (AvgIpc) is 2.54. The summed E-state index contributed by atoms with van der Waals surface area (Å²) in [6.45, 7) is 8.45. The summed E-state index contributed by atoms with van der Waals surface area (Å²) >= 11 is 1.73. The third-order valence-electron chi connectivity index (χ3n) is 2.53. The lowest BCUT2D eigenvalue weighted by molar-refractivity contribution is 0.230. The summed E-state index contributed by atoms with van der Waals surface area (Å²) in [4.78, 5) is 5.68. The molecule has 0 saturated carbocycles. The lowest BCUT2D eigenvalue weighted by Gasteiger charge is -2.19. The van der Waals surface area contributed by atoms with Crippen LogP contribution >= 0.6 is 11.3 Å². The van der Waals surface area contributed by atoms with Gasteiger partial charge in [-0.3, -0.25) is 0 Å². The molecular formula is C11H20N2OS. The molecule has 15 heavy (non-hydrogen) atoms. The van der Waals surface area contributed by atoms with Gasteiger partial charge in [-0.1, -0.05) is 6.92 Å². The molecule has 1 aromatic heterocycles. The number of aryl methyl sites for hydroxylation is 2. The van der Waals surface area contributed by atoms with Gasteiger partial charge in [-0.2, -0.15) is 0 Å². The Hall–Kier alpha value is -0.450. The van der Waals surface area contributed by atoms with Crippen LogP contribution in [0.15, 0.2) is 0 Å². The van der Waals surface area contributed by atoms with Crippen LogP contribution in [0.3, 0.4) is 0 Å². The first-order valence-corrected chi connectivity index (χ1v) is 6.21. The maximum atomic E-state index is 9.12. The van der Waals surface area contributed by atoms with E-state index < -0.39 is 0 Å². The van der Waals surface area contributed by atoms with Crippen molar-refractivity contribution >= 4 is 11.3 Å².